The minimum Gasteiger partial charge on any atom is -0.444 e. The van der Waals surface area contributed by atoms with E-state index in [1.807, 2.05) is 20.8 Å². The van der Waals surface area contributed by atoms with Crippen molar-refractivity contribution in [2.24, 2.45) is 5.92 Å². The molecule has 2 aliphatic rings. The lowest BCUT2D eigenvalue weighted by atomic mass is 10.0. The van der Waals surface area contributed by atoms with Crippen LogP contribution in [0.3, 0.4) is 0 Å². The molecule has 1 atom stereocenters. The summed E-state index contributed by atoms with van der Waals surface area (Å²) in [6.07, 6.45) is 7.85. The van der Waals surface area contributed by atoms with Gasteiger partial charge in [-0.1, -0.05) is 0 Å². The Morgan fingerprint density at radius 2 is 2.10 bits per heavy atom. The van der Waals surface area contributed by atoms with Crippen LogP contribution in [0.5, 0.6) is 0 Å². The highest BCUT2D eigenvalue weighted by Crippen LogP contribution is 2.39. The second-order valence-corrected chi connectivity index (χ2v) is 10.4. The fourth-order valence-electron chi connectivity index (χ4n) is 4.02. The molecule has 4 rings (SSSR count). The van der Waals surface area contributed by atoms with E-state index < -0.39 is 11.7 Å². The molecule has 3 heterocycles. The smallest absolute Gasteiger partial charge is 0.407 e. The van der Waals surface area contributed by atoms with Gasteiger partial charge in [0.15, 0.2) is 0 Å². The molecule has 0 bridgehead atoms. The van der Waals surface area contributed by atoms with Crippen LogP contribution < -0.4 is 15.5 Å². The van der Waals surface area contributed by atoms with Gasteiger partial charge in [-0.25, -0.2) is 9.78 Å². The molecule has 1 unspecified atom stereocenters. The van der Waals surface area contributed by atoms with E-state index in [1.54, 1.807) is 12.4 Å². The number of H-pyrrole nitrogens is 1. The van der Waals surface area contributed by atoms with E-state index in [9.17, 15) is 9.59 Å². The average molecular weight is 492 g/mol. The van der Waals surface area contributed by atoms with Crippen LogP contribution in [-0.4, -0.2) is 46.7 Å². The van der Waals surface area contributed by atoms with Crippen molar-refractivity contribution in [2.45, 2.75) is 64.5 Å². The van der Waals surface area contributed by atoms with E-state index in [2.05, 4.69) is 41.4 Å². The number of rotatable bonds is 5. The van der Waals surface area contributed by atoms with E-state index >= 15 is 0 Å². The van der Waals surface area contributed by atoms with Gasteiger partial charge in [-0.2, -0.15) is 0 Å². The number of carbonyl (C=O) groups is 2. The van der Waals surface area contributed by atoms with Crippen LogP contribution in [0.2, 0.25) is 0 Å². The number of aromatic amines is 1. The molecule has 2 amide bonds. The summed E-state index contributed by atoms with van der Waals surface area (Å²) in [5, 5.41) is 6.95. The predicted octanol–water partition coefficient (Wildman–Crippen LogP) is 4.56. The number of ether oxygens (including phenoxy) is 1. The SMILES string of the molecule is CC(C)(C)OC(=O)NC1CCCN(c2c(Br)cnc3[nH]cc(NC(=O)CC4CC4)c23)C1. The summed E-state index contributed by atoms with van der Waals surface area (Å²) < 4.78 is 6.28. The molecule has 31 heavy (non-hydrogen) atoms. The second-order valence-electron chi connectivity index (χ2n) is 9.51. The fraction of sp³-hybridized carbons (Fsp3) is 0.591. The first-order chi connectivity index (χ1) is 14.7. The molecule has 9 heteroatoms. The minimum absolute atomic E-state index is 0.0226. The number of fused-ring (bicyclic) bond motifs is 1. The molecule has 8 nitrogen and oxygen atoms in total. The number of nitrogens with one attached hydrogen (secondary N) is 3. The van der Waals surface area contributed by atoms with Crippen LogP contribution >= 0.6 is 15.9 Å². The molecule has 168 valence electrons. The van der Waals surface area contributed by atoms with Crippen LogP contribution in [0.15, 0.2) is 16.9 Å². The largest absolute Gasteiger partial charge is 0.444 e. The van der Waals surface area contributed by atoms with E-state index in [0.717, 1.165) is 59.1 Å². The van der Waals surface area contributed by atoms with Crippen molar-refractivity contribution in [3.63, 3.8) is 0 Å². The third-order valence-electron chi connectivity index (χ3n) is 5.53. The van der Waals surface area contributed by atoms with Gasteiger partial charge in [0, 0.05) is 37.9 Å². The normalized spacial score (nSPS) is 19.4. The van der Waals surface area contributed by atoms with Crippen molar-refractivity contribution >= 4 is 50.3 Å². The number of piperidine rings is 1. The number of alkyl carbamates (subject to hydrolysis) is 1. The quantitative estimate of drug-likeness (QED) is 0.569. The molecule has 2 aromatic heterocycles. The van der Waals surface area contributed by atoms with Crippen LogP contribution in [0.4, 0.5) is 16.2 Å². The summed E-state index contributed by atoms with van der Waals surface area (Å²) in [5.41, 5.74) is 1.91. The van der Waals surface area contributed by atoms with Crippen molar-refractivity contribution in [2.75, 3.05) is 23.3 Å². The zero-order valence-corrected chi connectivity index (χ0v) is 19.8. The molecule has 2 aromatic rings. The van der Waals surface area contributed by atoms with Gasteiger partial charge in [-0.15, -0.1) is 0 Å². The molecule has 2 fully saturated rings. The van der Waals surface area contributed by atoms with E-state index in [-0.39, 0.29) is 11.9 Å². The van der Waals surface area contributed by atoms with Gasteiger partial charge < -0.3 is 25.3 Å². The number of hydrogen-bond donors (Lipinski definition) is 3. The number of pyridine rings is 1. The third-order valence-corrected chi connectivity index (χ3v) is 6.11. The van der Waals surface area contributed by atoms with Crippen LogP contribution in [0.25, 0.3) is 11.0 Å². The lowest BCUT2D eigenvalue weighted by Gasteiger charge is -2.36. The second kappa shape index (κ2) is 8.68. The van der Waals surface area contributed by atoms with E-state index in [0.29, 0.717) is 18.9 Å². The topological polar surface area (TPSA) is 99.3 Å². The van der Waals surface area contributed by atoms with Gasteiger partial charge in [-0.3, -0.25) is 4.79 Å². The third kappa shape index (κ3) is 5.50. The molecule has 0 aromatic carbocycles. The summed E-state index contributed by atoms with van der Waals surface area (Å²) in [4.78, 5) is 34.6. The number of carbonyl (C=O) groups excluding carboxylic acids is 2. The number of nitrogens with zero attached hydrogens (tertiary/aromatic N) is 2. The zero-order chi connectivity index (χ0) is 22.2. The van der Waals surface area contributed by atoms with Gasteiger partial charge in [-0.05, 0) is 68.3 Å². The standard InChI is InChI=1S/C22H30BrN5O3/c1-22(2,3)31-21(30)26-14-5-4-8-28(12-14)19-15(23)10-24-20-18(19)16(11-25-20)27-17(29)9-13-6-7-13/h10-11,13-14H,4-9,12H2,1-3H3,(H,24,25)(H,26,30)(H,27,29). The predicted molar refractivity (Wildman–Crippen MR) is 124 cm³/mol. The van der Waals surface area contributed by atoms with Crippen LogP contribution in [-0.2, 0) is 9.53 Å². The Morgan fingerprint density at radius 3 is 2.81 bits per heavy atom. The number of amides is 2. The highest BCUT2D eigenvalue weighted by molar-refractivity contribution is 9.10. The van der Waals surface area contributed by atoms with Gasteiger partial charge in [0.1, 0.15) is 11.2 Å². The summed E-state index contributed by atoms with van der Waals surface area (Å²) in [6.45, 7) is 7.07. The van der Waals surface area contributed by atoms with Gasteiger partial charge in [0.25, 0.3) is 0 Å². The molecule has 1 saturated heterocycles. The number of halogens is 1. The lowest BCUT2D eigenvalue weighted by Crippen LogP contribution is -2.49. The van der Waals surface area contributed by atoms with Gasteiger partial charge >= 0.3 is 6.09 Å². The van der Waals surface area contributed by atoms with Crippen LogP contribution in [0, 0.1) is 5.92 Å². The molecular formula is C22H30BrN5O3. The molecule has 0 spiro atoms. The summed E-state index contributed by atoms with van der Waals surface area (Å²) in [7, 11) is 0. The monoisotopic (exact) mass is 491 g/mol. The first-order valence-corrected chi connectivity index (χ1v) is 11.7. The van der Waals surface area contributed by atoms with Crippen molar-refractivity contribution in [3.05, 3.63) is 16.9 Å². The maximum absolute atomic E-state index is 12.4. The van der Waals surface area contributed by atoms with Crippen molar-refractivity contribution in [1.82, 2.24) is 15.3 Å². The Kier molecular flexibility index (Phi) is 6.14. The van der Waals surface area contributed by atoms with E-state index in [1.165, 1.54) is 0 Å². The summed E-state index contributed by atoms with van der Waals surface area (Å²) in [6, 6.07) is -0.0226. The Labute approximate surface area is 190 Å². The summed E-state index contributed by atoms with van der Waals surface area (Å²) in [5.74, 6) is 0.564. The van der Waals surface area contributed by atoms with Crippen molar-refractivity contribution in [1.29, 1.82) is 0 Å². The minimum atomic E-state index is -0.530. The molecule has 1 saturated carbocycles. The first-order valence-electron chi connectivity index (χ1n) is 10.9. The average Bonchev–Trinajstić information content (AvgIpc) is 3.39. The van der Waals surface area contributed by atoms with E-state index in [4.69, 9.17) is 4.74 Å². The van der Waals surface area contributed by atoms with Crippen molar-refractivity contribution in [3.8, 4) is 0 Å². The maximum Gasteiger partial charge on any atom is 0.407 e. The summed E-state index contributed by atoms with van der Waals surface area (Å²) >= 11 is 3.66. The highest BCUT2D eigenvalue weighted by atomic mass is 79.9. The zero-order valence-electron chi connectivity index (χ0n) is 18.3. The van der Waals surface area contributed by atoms with Crippen molar-refractivity contribution < 1.29 is 14.3 Å². The Hall–Kier alpha value is -2.29. The van der Waals surface area contributed by atoms with Crippen LogP contribution in [0.1, 0.15) is 52.9 Å². The number of hydrogen-bond acceptors (Lipinski definition) is 5. The lowest BCUT2D eigenvalue weighted by molar-refractivity contribution is -0.116. The Bertz CT molecular complexity index is 979. The first kappa shape index (κ1) is 21.9. The molecule has 3 N–H and O–H groups in total. The molecule has 1 aliphatic heterocycles. The highest BCUT2D eigenvalue weighted by Gasteiger charge is 2.28. The fourth-order valence-corrected chi connectivity index (χ4v) is 4.57. The number of aromatic nitrogens is 2. The van der Waals surface area contributed by atoms with Gasteiger partial charge in [0.05, 0.1) is 21.2 Å². The Balaban J connectivity index is 1.54. The molecule has 0 radical (unpaired) electrons. The van der Waals surface area contributed by atoms with Gasteiger partial charge in [0.2, 0.25) is 5.91 Å². The maximum atomic E-state index is 12.4. The molecular weight excluding hydrogens is 462 g/mol. The number of anilines is 2. The Morgan fingerprint density at radius 1 is 1.32 bits per heavy atom. The molecule has 1 aliphatic carbocycles.